The molecule has 1 aliphatic carbocycles. The summed E-state index contributed by atoms with van der Waals surface area (Å²) in [7, 11) is 0. The second-order valence-corrected chi connectivity index (χ2v) is 8.47. The Labute approximate surface area is 152 Å². The van der Waals surface area contributed by atoms with E-state index in [0.29, 0.717) is 12.5 Å². The van der Waals surface area contributed by atoms with Gasteiger partial charge in [-0.3, -0.25) is 4.79 Å². The van der Waals surface area contributed by atoms with E-state index in [4.69, 9.17) is 4.74 Å². The largest absolute Gasteiger partial charge is 0.461 e. The topological polar surface area (TPSA) is 26.3 Å². The Morgan fingerprint density at radius 3 is 2.29 bits per heavy atom. The van der Waals surface area contributed by atoms with Crippen LogP contribution in [0.3, 0.4) is 0 Å². The molecule has 0 bridgehead atoms. The highest BCUT2D eigenvalue weighted by molar-refractivity contribution is 9.10. The summed E-state index contributed by atoms with van der Waals surface area (Å²) in [5.74, 6) is 0.250. The Morgan fingerprint density at radius 1 is 1.08 bits per heavy atom. The first-order chi connectivity index (χ1) is 11.3. The first kappa shape index (κ1) is 17.2. The fourth-order valence-electron chi connectivity index (χ4n) is 2.90. The SMILES string of the molecule is CC(C)(C)c1ccc([C@H]2C[C@H]2C(=O)OCc2ccc(Br)cc2)cc1. The van der Waals surface area contributed by atoms with E-state index in [9.17, 15) is 4.79 Å². The lowest BCUT2D eigenvalue weighted by Gasteiger charge is -2.19. The predicted octanol–water partition coefficient (Wildman–Crippen LogP) is 5.59. The van der Waals surface area contributed by atoms with Gasteiger partial charge in [-0.15, -0.1) is 0 Å². The van der Waals surface area contributed by atoms with Gasteiger partial charge in [0.15, 0.2) is 0 Å². The van der Waals surface area contributed by atoms with Crippen molar-refractivity contribution in [1.29, 1.82) is 0 Å². The van der Waals surface area contributed by atoms with E-state index >= 15 is 0 Å². The lowest BCUT2D eigenvalue weighted by atomic mass is 9.86. The van der Waals surface area contributed by atoms with Crippen LogP contribution in [0.25, 0.3) is 0 Å². The Bertz CT molecular complexity index is 711. The zero-order valence-electron chi connectivity index (χ0n) is 14.4. The van der Waals surface area contributed by atoms with Gasteiger partial charge in [0.05, 0.1) is 5.92 Å². The summed E-state index contributed by atoms with van der Waals surface area (Å²) >= 11 is 3.40. The number of ether oxygens (including phenoxy) is 1. The number of benzene rings is 2. The van der Waals surface area contributed by atoms with Gasteiger partial charge in [0, 0.05) is 4.47 Å². The molecule has 0 radical (unpaired) electrons. The Kier molecular flexibility index (Phi) is 4.82. The van der Waals surface area contributed by atoms with Gasteiger partial charge < -0.3 is 4.74 Å². The normalized spacial score (nSPS) is 19.8. The van der Waals surface area contributed by atoms with Crippen molar-refractivity contribution in [2.75, 3.05) is 0 Å². The van der Waals surface area contributed by atoms with Crippen molar-refractivity contribution in [3.8, 4) is 0 Å². The lowest BCUT2D eigenvalue weighted by Crippen LogP contribution is -2.11. The Hall–Kier alpha value is -1.61. The van der Waals surface area contributed by atoms with E-state index in [1.807, 2.05) is 24.3 Å². The summed E-state index contributed by atoms with van der Waals surface area (Å²) in [5, 5.41) is 0. The Morgan fingerprint density at radius 2 is 1.71 bits per heavy atom. The van der Waals surface area contributed by atoms with E-state index < -0.39 is 0 Å². The molecule has 1 aliphatic rings. The standard InChI is InChI=1S/C21H23BrO2/c1-21(2,3)16-8-6-15(7-9-16)18-12-19(18)20(23)24-13-14-4-10-17(22)11-5-14/h4-11,18-19H,12-13H2,1-3H3/t18-,19-/m1/s1. The fourth-order valence-corrected chi connectivity index (χ4v) is 3.16. The molecule has 0 aliphatic heterocycles. The van der Waals surface area contributed by atoms with Gasteiger partial charge in [0.25, 0.3) is 0 Å². The summed E-state index contributed by atoms with van der Waals surface area (Å²) in [4.78, 5) is 12.2. The minimum Gasteiger partial charge on any atom is -0.461 e. The highest BCUT2D eigenvalue weighted by atomic mass is 79.9. The van der Waals surface area contributed by atoms with Crippen LogP contribution < -0.4 is 0 Å². The third kappa shape index (κ3) is 4.07. The van der Waals surface area contributed by atoms with Crippen LogP contribution in [0.4, 0.5) is 0 Å². The number of hydrogen-bond acceptors (Lipinski definition) is 2. The molecule has 2 aromatic rings. The molecule has 0 amide bonds. The molecule has 0 spiro atoms. The monoisotopic (exact) mass is 386 g/mol. The van der Waals surface area contributed by atoms with Crippen LogP contribution in [-0.2, 0) is 21.6 Å². The molecule has 1 fully saturated rings. The van der Waals surface area contributed by atoms with Crippen LogP contribution in [0, 0.1) is 5.92 Å². The van der Waals surface area contributed by atoms with Gasteiger partial charge in [0.1, 0.15) is 6.61 Å². The number of carbonyl (C=O) groups excluding carboxylic acids is 1. The number of halogens is 1. The molecule has 0 saturated heterocycles. The molecular weight excluding hydrogens is 364 g/mol. The summed E-state index contributed by atoms with van der Waals surface area (Å²) in [5.41, 5.74) is 3.73. The quantitative estimate of drug-likeness (QED) is 0.639. The van der Waals surface area contributed by atoms with E-state index in [1.54, 1.807) is 0 Å². The number of hydrogen-bond donors (Lipinski definition) is 0. The van der Waals surface area contributed by atoms with E-state index in [1.165, 1.54) is 11.1 Å². The van der Waals surface area contributed by atoms with Crippen molar-refractivity contribution in [1.82, 2.24) is 0 Å². The third-order valence-corrected chi connectivity index (χ3v) is 5.12. The molecule has 2 nitrogen and oxygen atoms in total. The van der Waals surface area contributed by atoms with Gasteiger partial charge in [-0.1, -0.05) is 73.1 Å². The maximum absolute atomic E-state index is 12.2. The van der Waals surface area contributed by atoms with Gasteiger partial charge in [-0.25, -0.2) is 0 Å². The zero-order chi connectivity index (χ0) is 17.3. The van der Waals surface area contributed by atoms with Crippen molar-refractivity contribution >= 4 is 21.9 Å². The second kappa shape index (κ2) is 6.72. The van der Waals surface area contributed by atoms with Gasteiger partial charge >= 0.3 is 5.97 Å². The van der Waals surface area contributed by atoms with Crippen LogP contribution in [0.1, 0.15) is 49.8 Å². The molecule has 24 heavy (non-hydrogen) atoms. The second-order valence-electron chi connectivity index (χ2n) is 7.55. The van der Waals surface area contributed by atoms with Crippen LogP contribution >= 0.6 is 15.9 Å². The van der Waals surface area contributed by atoms with E-state index in [2.05, 4.69) is 61.0 Å². The van der Waals surface area contributed by atoms with Crippen LogP contribution in [0.15, 0.2) is 53.0 Å². The molecule has 0 aromatic heterocycles. The lowest BCUT2D eigenvalue weighted by molar-refractivity contribution is -0.146. The van der Waals surface area contributed by atoms with E-state index in [0.717, 1.165) is 16.5 Å². The third-order valence-electron chi connectivity index (χ3n) is 4.59. The van der Waals surface area contributed by atoms with Gasteiger partial charge in [0.2, 0.25) is 0 Å². The fraction of sp³-hybridized carbons (Fsp3) is 0.381. The predicted molar refractivity (Wildman–Crippen MR) is 99.9 cm³/mol. The molecule has 1 saturated carbocycles. The van der Waals surface area contributed by atoms with E-state index in [-0.39, 0.29) is 17.3 Å². The molecule has 3 rings (SSSR count). The van der Waals surface area contributed by atoms with Gasteiger partial charge in [-0.05, 0) is 46.6 Å². The van der Waals surface area contributed by atoms with Crippen molar-refractivity contribution in [2.24, 2.45) is 5.92 Å². The molecule has 2 atom stereocenters. The first-order valence-corrected chi connectivity index (χ1v) is 9.15. The number of carbonyl (C=O) groups is 1. The highest BCUT2D eigenvalue weighted by Crippen LogP contribution is 2.48. The first-order valence-electron chi connectivity index (χ1n) is 8.36. The van der Waals surface area contributed by atoms with Crippen molar-refractivity contribution in [2.45, 2.75) is 45.1 Å². The average Bonchev–Trinajstić information content (AvgIpc) is 3.34. The van der Waals surface area contributed by atoms with Crippen molar-refractivity contribution < 1.29 is 9.53 Å². The zero-order valence-corrected chi connectivity index (χ0v) is 16.0. The number of esters is 1. The van der Waals surface area contributed by atoms with Crippen LogP contribution in [0.2, 0.25) is 0 Å². The number of rotatable bonds is 4. The molecule has 3 heteroatoms. The smallest absolute Gasteiger partial charge is 0.309 e. The molecule has 0 N–H and O–H groups in total. The molecule has 0 heterocycles. The maximum atomic E-state index is 12.2. The van der Waals surface area contributed by atoms with Crippen LogP contribution in [0.5, 0.6) is 0 Å². The minimum absolute atomic E-state index is 0.0148. The maximum Gasteiger partial charge on any atom is 0.309 e. The van der Waals surface area contributed by atoms with Crippen LogP contribution in [-0.4, -0.2) is 5.97 Å². The average molecular weight is 387 g/mol. The minimum atomic E-state index is -0.0807. The molecule has 0 unspecified atom stereocenters. The summed E-state index contributed by atoms with van der Waals surface area (Å²) < 4.78 is 6.49. The summed E-state index contributed by atoms with van der Waals surface area (Å²) in [6.45, 7) is 6.97. The molecule has 2 aromatic carbocycles. The molecular formula is C21H23BrO2. The van der Waals surface area contributed by atoms with Crippen molar-refractivity contribution in [3.05, 3.63) is 69.7 Å². The summed E-state index contributed by atoms with van der Waals surface area (Å²) in [6, 6.07) is 16.5. The van der Waals surface area contributed by atoms with Gasteiger partial charge in [-0.2, -0.15) is 0 Å². The molecule has 126 valence electrons. The summed E-state index contributed by atoms with van der Waals surface area (Å²) in [6.07, 6.45) is 0.897. The Balaban J connectivity index is 1.54. The van der Waals surface area contributed by atoms with Crippen molar-refractivity contribution in [3.63, 3.8) is 0 Å². The highest BCUT2D eigenvalue weighted by Gasteiger charge is 2.45.